The Labute approximate surface area is 84.3 Å². The molecule has 2 heteroatoms. The molecule has 0 unspecified atom stereocenters. The normalized spacial score (nSPS) is 9.75. The van der Waals surface area contributed by atoms with Gasteiger partial charge in [-0.1, -0.05) is 48.2 Å². The first-order chi connectivity index (χ1) is 5.91. The number of unbranched alkanes of at least 4 members (excludes halogenated alkanes) is 5. The lowest BCUT2D eigenvalue weighted by Crippen LogP contribution is -1.87. The van der Waals surface area contributed by atoms with Crippen molar-refractivity contribution in [2.45, 2.75) is 38.5 Å². The molecule has 0 aromatic carbocycles. The fraction of sp³-hybridized carbons (Fsp3) is 0.800. The van der Waals surface area contributed by atoms with E-state index in [2.05, 4.69) is 22.5 Å². The first-order valence-corrected chi connectivity index (χ1v) is 5.82. The third kappa shape index (κ3) is 10.0. The molecule has 0 aromatic rings. The molecule has 0 radical (unpaired) electrons. The van der Waals surface area contributed by atoms with Crippen molar-refractivity contribution in [2.75, 3.05) is 11.9 Å². The molecule has 72 valence electrons. The van der Waals surface area contributed by atoms with Gasteiger partial charge < -0.3 is 4.74 Å². The zero-order chi connectivity index (χ0) is 9.07. The lowest BCUT2D eigenvalue weighted by Gasteiger charge is -2.00. The number of rotatable bonds is 9. The van der Waals surface area contributed by atoms with E-state index in [1.54, 1.807) is 0 Å². The quantitative estimate of drug-likeness (QED) is 0.335. The second-order valence-electron chi connectivity index (χ2n) is 2.85. The van der Waals surface area contributed by atoms with Crippen molar-refractivity contribution in [3.63, 3.8) is 0 Å². The molecule has 0 spiro atoms. The van der Waals surface area contributed by atoms with E-state index in [1.807, 2.05) is 0 Å². The van der Waals surface area contributed by atoms with Gasteiger partial charge in [0.1, 0.15) is 0 Å². The summed E-state index contributed by atoms with van der Waals surface area (Å²) in [6, 6.07) is 0. The molecule has 1 nitrogen and oxygen atoms in total. The van der Waals surface area contributed by atoms with Crippen molar-refractivity contribution in [1.29, 1.82) is 0 Å². The molecule has 0 saturated carbocycles. The molecule has 0 aliphatic carbocycles. The van der Waals surface area contributed by atoms with Crippen molar-refractivity contribution in [2.24, 2.45) is 0 Å². The van der Waals surface area contributed by atoms with Crippen LogP contribution >= 0.6 is 15.9 Å². The molecule has 0 fully saturated rings. The molecule has 0 aliphatic heterocycles. The maximum Gasteiger partial charge on any atom is 0.0873 e. The summed E-state index contributed by atoms with van der Waals surface area (Å²) in [4.78, 5) is 0. The summed E-state index contributed by atoms with van der Waals surface area (Å²) in [5, 5.41) is 1.15. The summed E-state index contributed by atoms with van der Waals surface area (Å²) in [6.07, 6.45) is 9.34. The van der Waals surface area contributed by atoms with Gasteiger partial charge in [-0.2, -0.15) is 0 Å². The predicted molar refractivity (Wildman–Crippen MR) is 57.6 cm³/mol. The number of hydrogen-bond acceptors (Lipinski definition) is 1. The maximum atomic E-state index is 5.02. The van der Waals surface area contributed by atoms with Crippen molar-refractivity contribution in [3.8, 4) is 0 Å². The molecule has 0 aliphatic rings. The Morgan fingerprint density at radius 1 is 1.00 bits per heavy atom. The monoisotopic (exact) mass is 234 g/mol. The molecule has 0 N–H and O–H groups in total. The zero-order valence-electron chi connectivity index (χ0n) is 7.73. The van der Waals surface area contributed by atoms with Crippen molar-refractivity contribution in [3.05, 3.63) is 12.8 Å². The van der Waals surface area contributed by atoms with Gasteiger partial charge in [0.05, 0.1) is 12.9 Å². The van der Waals surface area contributed by atoms with Crippen LogP contribution in [0.15, 0.2) is 12.8 Å². The Hall–Kier alpha value is 0.0200. The van der Waals surface area contributed by atoms with Gasteiger partial charge in [-0.15, -0.1) is 0 Å². The van der Waals surface area contributed by atoms with Crippen LogP contribution in [0.2, 0.25) is 0 Å². The van der Waals surface area contributed by atoms with Gasteiger partial charge in [0, 0.05) is 5.33 Å². The van der Waals surface area contributed by atoms with Crippen LogP contribution in [0.1, 0.15) is 38.5 Å². The molecule has 0 rings (SSSR count). The third-order valence-corrected chi connectivity index (χ3v) is 2.32. The van der Waals surface area contributed by atoms with Crippen LogP contribution in [0.25, 0.3) is 0 Å². The standard InChI is InChI=1S/C10H19BrO/c1-2-12-10-8-6-4-3-5-7-9-11/h2H,1,3-10H2. The highest BCUT2D eigenvalue weighted by Crippen LogP contribution is 2.06. The molecule has 12 heavy (non-hydrogen) atoms. The topological polar surface area (TPSA) is 9.23 Å². The number of halogens is 1. The maximum absolute atomic E-state index is 5.02. The Kier molecular flexibility index (Phi) is 11.0. The first-order valence-electron chi connectivity index (χ1n) is 4.70. The number of hydrogen-bond donors (Lipinski definition) is 0. The average molecular weight is 235 g/mol. The van der Waals surface area contributed by atoms with Crippen LogP contribution in [0.4, 0.5) is 0 Å². The summed E-state index contributed by atoms with van der Waals surface area (Å²) in [6.45, 7) is 4.33. The summed E-state index contributed by atoms with van der Waals surface area (Å²) >= 11 is 3.42. The van der Waals surface area contributed by atoms with Gasteiger partial charge in [0.25, 0.3) is 0 Å². The Bertz CT molecular complexity index is 93.8. The highest BCUT2D eigenvalue weighted by Gasteiger charge is 1.89. The fourth-order valence-electron chi connectivity index (χ4n) is 1.07. The molecule has 0 aromatic heterocycles. The number of alkyl halides is 1. The van der Waals surface area contributed by atoms with Crippen molar-refractivity contribution in [1.82, 2.24) is 0 Å². The van der Waals surface area contributed by atoms with E-state index in [9.17, 15) is 0 Å². The summed E-state index contributed by atoms with van der Waals surface area (Å²) in [5.41, 5.74) is 0. The van der Waals surface area contributed by atoms with Crippen LogP contribution in [-0.4, -0.2) is 11.9 Å². The van der Waals surface area contributed by atoms with Crippen LogP contribution in [0.3, 0.4) is 0 Å². The second-order valence-corrected chi connectivity index (χ2v) is 3.64. The fourth-order valence-corrected chi connectivity index (χ4v) is 1.47. The minimum absolute atomic E-state index is 0.835. The van der Waals surface area contributed by atoms with E-state index in [0.717, 1.165) is 11.9 Å². The first kappa shape index (κ1) is 12.0. The van der Waals surface area contributed by atoms with Crippen LogP contribution in [0, 0.1) is 0 Å². The van der Waals surface area contributed by atoms with E-state index in [-0.39, 0.29) is 0 Å². The van der Waals surface area contributed by atoms with Gasteiger partial charge in [-0.05, 0) is 12.8 Å². The van der Waals surface area contributed by atoms with Crippen molar-refractivity contribution < 1.29 is 4.74 Å². The number of ether oxygens (including phenoxy) is 1. The summed E-state index contributed by atoms with van der Waals surface area (Å²) in [5.74, 6) is 0. The smallest absolute Gasteiger partial charge is 0.0873 e. The Morgan fingerprint density at radius 2 is 1.58 bits per heavy atom. The summed E-state index contributed by atoms with van der Waals surface area (Å²) < 4.78 is 5.02. The van der Waals surface area contributed by atoms with E-state index in [4.69, 9.17) is 4.74 Å². The summed E-state index contributed by atoms with van der Waals surface area (Å²) in [7, 11) is 0. The third-order valence-electron chi connectivity index (χ3n) is 1.76. The molecule has 0 heterocycles. The van der Waals surface area contributed by atoms with Crippen molar-refractivity contribution >= 4 is 15.9 Å². The van der Waals surface area contributed by atoms with Gasteiger partial charge in [0.2, 0.25) is 0 Å². The zero-order valence-corrected chi connectivity index (χ0v) is 9.31. The van der Waals surface area contributed by atoms with E-state index in [1.165, 1.54) is 44.8 Å². The highest BCUT2D eigenvalue weighted by molar-refractivity contribution is 9.09. The molecule has 0 saturated heterocycles. The SMILES string of the molecule is C=COCCCCCCCCBr. The largest absolute Gasteiger partial charge is 0.502 e. The highest BCUT2D eigenvalue weighted by atomic mass is 79.9. The van der Waals surface area contributed by atoms with Crippen LogP contribution in [0.5, 0.6) is 0 Å². The molecule has 0 bridgehead atoms. The van der Waals surface area contributed by atoms with E-state index < -0.39 is 0 Å². The van der Waals surface area contributed by atoms with Gasteiger partial charge >= 0.3 is 0 Å². The second kappa shape index (κ2) is 11.0. The van der Waals surface area contributed by atoms with Gasteiger partial charge in [-0.3, -0.25) is 0 Å². The van der Waals surface area contributed by atoms with Crippen LogP contribution < -0.4 is 0 Å². The molecular formula is C10H19BrO. The average Bonchev–Trinajstić information content (AvgIpc) is 2.10. The van der Waals surface area contributed by atoms with E-state index in [0.29, 0.717) is 0 Å². The minimum Gasteiger partial charge on any atom is -0.502 e. The molecule has 0 amide bonds. The Morgan fingerprint density at radius 3 is 2.17 bits per heavy atom. The lowest BCUT2D eigenvalue weighted by atomic mass is 10.1. The van der Waals surface area contributed by atoms with Gasteiger partial charge in [0.15, 0.2) is 0 Å². The Balaban J connectivity index is 2.77. The van der Waals surface area contributed by atoms with E-state index >= 15 is 0 Å². The lowest BCUT2D eigenvalue weighted by molar-refractivity contribution is 0.241. The van der Waals surface area contributed by atoms with Gasteiger partial charge in [-0.25, -0.2) is 0 Å². The predicted octanol–water partition coefficient (Wildman–Crippen LogP) is 3.88. The molecule has 0 atom stereocenters. The van der Waals surface area contributed by atoms with Crippen LogP contribution in [-0.2, 0) is 4.74 Å². The minimum atomic E-state index is 0.835. The molecular weight excluding hydrogens is 216 g/mol.